The Labute approximate surface area is 114 Å². The van der Waals surface area contributed by atoms with Crippen LogP contribution in [0.1, 0.15) is 48.9 Å². The van der Waals surface area contributed by atoms with Crippen LogP contribution in [-0.2, 0) is 0 Å². The lowest BCUT2D eigenvalue weighted by atomic mass is 9.89. The van der Waals surface area contributed by atoms with Gasteiger partial charge in [0.15, 0.2) is 5.78 Å². The van der Waals surface area contributed by atoms with Crippen molar-refractivity contribution in [2.45, 2.75) is 38.5 Å². The number of Topliss-reactive ketones (excluding diaryl/α,β-unsaturated/α-hetero) is 1. The van der Waals surface area contributed by atoms with Gasteiger partial charge in [0.2, 0.25) is 0 Å². The van der Waals surface area contributed by atoms with Crippen molar-refractivity contribution in [1.29, 1.82) is 0 Å². The monoisotopic (exact) mass is 263 g/mol. The molecule has 2 nitrogen and oxygen atoms in total. The fourth-order valence-electron chi connectivity index (χ4n) is 2.68. The highest BCUT2D eigenvalue weighted by Gasteiger charge is 2.13. The summed E-state index contributed by atoms with van der Waals surface area (Å²) in [4.78, 5) is 11.8. The topological polar surface area (TPSA) is 29.1 Å². The van der Waals surface area contributed by atoms with Crippen LogP contribution in [-0.4, -0.2) is 18.9 Å². The summed E-state index contributed by atoms with van der Waals surface area (Å²) in [5, 5.41) is 3.37. The number of benzene rings is 1. The van der Waals surface area contributed by atoms with Gasteiger partial charge in [-0.15, -0.1) is 0 Å². The number of halogens is 1. The first-order valence-electron chi connectivity index (χ1n) is 7.25. The fourth-order valence-corrected chi connectivity index (χ4v) is 2.68. The summed E-state index contributed by atoms with van der Waals surface area (Å²) in [6.45, 7) is 1.74. The Bertz CT molecular complexity index is 396. The Morgan fingerprint density at radius 2 is 1.84 bits per heavy atom. The SMILES string of the molecule is O=C(CCNCC1CCCCC1)c1ccc(F)cc1. The summed E-state index contributed by atoms with van der Waals surface area (Å²) in [6, 6.07) is 5.78. The molecule has 0 unspecified atom stereocenters. The van der Waals surface area contributed by atoms with Gasteiger partial charge in [-0.25, -0.2) is 4.39 Å². The van der Waals surface area contributed by atoms with Gasteiger partial charge < -0.3 is 5.32 Å². The normalized spacial score (nSPS) is 16.5. The van der Waals surface area contributed by atoms with Crippen molar-refractivity contribution in [3.63, 3.8) is 0 Å². The highest BCUT2D eigenvalue weighted by molar-refractivity contribution is 5.96. The molecule has 0 saturated heterocycles. The molecule has 0 atom stereocenters. The zero-order chi connectivity index (χ0) is 13.5. The van der Waals surface area contributed by atoms with Crippen LogP contribution in [0.3, 0.4) is 0 Å². The van der Waals surface area contributed by atoms with Crippen LogP contribution in [0.2, 0.25) is 0 Å². The number of carbonyl (C=O) groups is 1. The van der Waals surface area contributed by atoms with Crippen LogP contribution < -0.4 is 5.32 Å². The zero-order valence-electron chi connectivity index (χ0n) is 11.3. The third kappa shape index (κ3) is 4.75. The molecule has 0 bridgehead atoms. The molecule has 1 aliphatic carbocycles. The van der Waals surface area contributed by atoms with E-state index in [0.717, 1.165) is 12.5 Å². The molecule has 0 aromatic heterocycles. The van der Waals surface area contributed by atoms with E-state index in [0.29, 0.717) is 18.5 Å². The van der Waals surface area contributed by atoms with Crippen LogP contribution in [0.25, 0.3) is 0 Å². The first-order chi connectivity index (χ1) is 9.25. The second-order valence-electron chi connectivity index (χ2n) is 5.39. The highest BCUT2D eigenvalue weighted by atomic mass is 19.1. The molecule has 1 aromatic carbocycles. The minimum Gasteiger partial charge on any atom is -0.316 e. The molecule has 0 amide bonds. The van der Waals surface area contributed by atoms with Crippen molar-refractivity contribution >= 4 is 5.78 Å². The van der Waals surface area contributed by atoms with Crippen LogP contribution in [0.4, 0.5) is 4.39 Å². The second kappa shape index (κ2) is 7.39. The van der Waals surface area contributed by atoms with Gasteiger partial charge in [-0.2, -0.15) is 0 Å². The summed E-state index contributed by atoms with van der Waals surface area (Å²) in [5.74, 6) is 0.567. The summed E-state index contributed by atoms with van der Waals surface area (Å²) in [5.41, 5.74) is 0.598. The van der Waals surface area contributed by atoms with Crippen molar-refractivity contribution in [2.75, 3.05) is 13.1 Å². The number of hydrogen-bond donors (Lipinski definition) is 1. The molecule has 104 valence electrons. The van der Waals surface area contributed by atoms with Gasteiger partial charge in [0.25, 0.3) is 0 Å². The maximum Gasteiger partial charge on any atom is 0.164 e. The Morgan fingerprint density at radius 3 is 2.53 bits per heavy atom. The molecule has 0 radical (unpaired) electrons. The smallest absolute Gasteiger partial charge is 0.164 e. The minimum atomic E-state index is -0.299. The number of nitrogens with one attached hydrogen (secondary N) is 1. The van der Waals surface area contributed by atoms with Crippen molar-refractivity contribution in [2.24, 2.45) is 5.92 Å². The molecule has 0 spiro atoms. The maximum atomic E-state index is 12.7. The highest BCUT2D eigenvalue weighted by Crippen LogP contribution is 2.22. The van der Waals surface area contributed by atoms with Crippen molar-refractivity contribution in [3.8, 4) is 0 Å². The zero-order valence-corrected chi connectivity index (χ0v) is 11.3. The van der Waals surface area contributed by atoms with Crippen LogP contribution in [0, 0.1) is 11.7 Å². The van der Waals surface area contributed by atoms with Crippen LogP contribution in [0.15, 0.2) is 24.3 Å². The van der Waals surface area contributed by atoms with Crippen LogP contribution in [0.5, 0.6) is 0 Å². The Balaban J connectivity index is 1.64. The molecule has 19 heavy (non-hydrogen) atoms. The predicted molar refractivity (Wildman–Crippen MR) is 74.8 cm³/mol. The third-order valence-electron chi connectivity index (χ3n) is 3.85. The molecule has 0 heterocycles. The third-order valence-corrected chi connectivity index (χ3v) is 3.85. The molecule has 1 fully saturated rings. The standard InChI is InChI=1S/C16H22FNO/c17-15-8-6-14(7-9-15)16(19)10-11-18-12-13-4-2-1-3-5-13/h6-9,13,18H,1-5,10-12H2. The van der Waals surface area contributed by atoms with Gasteiger partial charge in [-0.05, 0) is 49.6 Å². The van der Waals surface area contributed by atoms with Gasteiger partial charge in [0.1, 0.15) is 5.82 Å². The first kappa shape index (κ1) is 14.2. The lowest BCUT2D eigenvalue weighted by molar-refractivity contribution is 0.0982. The van der Waals surface area contributed by atoms with Crippen LogP contribution >= 0.6 is 0 Å². The Morgan fingerprint density at radius 1 is 1.16 bits per heavy atom. The van der Waals surface area contributed by atoms with Gasteiger partial charge in [0.05, 0.1) is 0 Å². The molecular formula is C16H22FNO. The molecular weight excluding hydrogens is 241 g/mol. The quantitative estimate of drug-likeness (QED) is 0.628. The van der Waals surface area contributed by atoms with E-state index < -0.39 is 0 Å². The van der Waals surface area contributed by atoms with E-state index in [-0.39, 0.29) is 11.6 Å². The van der Waals surface area contributed by atoms with Gasteiger partial charge in [-0.1, -0.05) is 19.3 Å². The lowest BCUT2D eigenvalue weighted by Gasteiger charge is -2.21. The average molecular weight is 263 g/mol. The van der Waals surface area contributed by atoms with E-state index >= 15 is 0 Å². The largest absolute Gasteiger partial charge is 0.316 e. The number of carbonyl (C=O) groups excluding carboxylic acids is 1. The number of rotatable bonds is 6. The number of hydrogen-bond acceptors (Lipinski definition) is 2. The molecule has 0 aliphatic heterocycles. The maximum absolute atomic E-state index is 12.7. The Hall–Kier alpha value is -1.22. The van der Waals surface area contributed by atoms with Gasteiger partial charge in [0, 0.05) is 18.5 Å². The van der Waals surface area contributed by atoms with E-state index in [1.807, 2.05) is 0 Å². The summed E-state index contributed by atoms with van der Waals surface area (Å²) in [7, 11) is 0. The lowest BCUT2D eigenvalue weighted by Crippen LogP contribution is -2.26. The van der Waals surface area contributed by atoms with E-state index in [2.05, 4.69) is 5.32 Å². The van der Waals surface area contributed by atoms with E-state index in [4.69, 9.17) is 0 Å². The summed E-state index contributed by atoms with van der Waals surface area (Å²) < 4.78 is 12.7. The molecule has 1 saturated carbocycles. The first-order valence-corrected chi connectivity index (χ1v) is 7.25. The van der Waals surface area contributed by atoms with Gasteiger partial charge >= 0.3 is 0 Å². The average Bonchev–Trinajstić information content (AvgIpc) is 2.45. The summed E-state index contributed by atoms with van der Waals surface area (Å²) >= 11 is 0. The van der Waals surface area contributed by atoms with E-state index in [1.165, 1.54) is 44.2 Å². The molecule has 1 aliphatic rings. The fraction of sp³-hybridized carbons (Fsp3) is 0.562. The van der Waals surface area contributed by atoms with Gasteiger partial charge in [-0.3, -0.25) is 4.79 Å². The summed E-state index contributed by atoms with van der Waals surface area (Å²) in [6.07, 6.45) is 7.19. The molecule has 1 aromatic rings. The minimum absolute atomic E-state index is 0.0798. The molecule has 3 heteroatoms. The number of ketones is 1. The van der Waals surface area contributed by atoms with Crippen molar-refractivity contribution < 1.29 is 9.18 Å². The molecule has 1 N–H and O–H groups in total. The second-order valence-corrected chi connectivity index (χ2v) is 5.39. The predicted octanol–water partition coefficient (Wildman–Crippen LogP) is 3.57. The van der Waals surface area contributed by atoms with Crippen molar-refractivity contribution in [3.05, 3.63) is 35.6 Å². The van der Waals surface area contributed by atoms with Crippen molar-refractivity contribution in [1.82, 2.24) is 5.32 Å². The Kier molecular flexibility index (Phi) is 5.52. The molecule has 2 rings (SSSR count). The van der Waals surface area contributed by atoms with E-state index in [1.54, 1.807) is 12.1 Å². The van der Waals surface area contributed by atoms with E-state index in [9.17, 15) is 9.18 Å².